The summed E-state index contributed by atoms with van der Waals surface area (Å²) in [6, 6.07) is 5.09. The summed E-state index contributed by atoms with van der Waals surface area (Å²) in [5.74, 6) is 1.37. The summed E-state index contributed by atoms with van der Waals surface area (Å²) in [4.78, 5) is 14.9. The molecule has 0 saturated carbocycles. The maximum Gasteiger partial charge on any atom is 0.251 e. The number of piperidine rings is 1. The number of sulfonamides is 1. The molecule has 1 aliphatic heterocycles. The van der Waals surface area contributed by atoms with Crippen LogP contribution in [0.4, 0.5) is 5.69 Å². The van der Waals surface area contributed by atoms with Gasteiger partial charge in [-0.25, -0.2) is 8.42 Å². The molecule has 1 aromatic rings. The van der Waals surface area contributed by atoms with Crippen molar-refractivity contribution in [1.29, 1.82) is 0 Å². The maximum absolute atomic E-state index is 12.4. The van der Waals surface area contributed by atoms with Crippen molar-refractivity contribution in [3.63, 3.8) is 0 Å². The number of anilines is 1. The van der Waals surface area contributed by atoms with E-state index in [9.17, 15) is 13.2 Å². The quantitative estimate of drug-likeness (QED) is 0.720. The van der Waals surface area contributed by atoms with Gasteiger partial charge in [-0.05, 0) is 61.9 Å². The molecule has 152 valence electrons. The lowest BCUT2D eigenvalue weighted by Crippen LogP contribution is -2.40. The van der Waals surface area contributed by atoms with Gasteiger partial charge in [0.2, 0.25) is 10.0 Å². The number of carbonyl (C=O) groups excluding carboxylic acids is 1. The summed E-state index contributed by atoms with van der Waals surface area (Å²) >= 11 is 0. The molecule has 1 fully saturated rings. The van der Waals surface area contributed by atoms with Crippen LogP contribution in [0.1, 0.15) is 42.6 Å². The molecule has 6 nitrogen and oxygen atoms in total. The molecule has 0 aromatic heterocycles. The number of likely N-dealkylation sites (tertiary alicyclic amines) is 1. The third-order valence-corrected chi connectivity index (χ3v) is 6.37. The molecule has 1 amide bonds. The lowest BCUT2D eigenvalue weighted by atomic mass is 9.92. The number of nitrogens with zero attached hydrogens (tertiary/aromatic N) is 2. The molecule has 1 saturated heterocycles. The highest BCUT2D eigenvalue weighted by Gasteiger charge is 2.21. The zero-order chi connectivity index (χ0) is 20.2. The number of aryl methyl sites for hydroxylation is 1. The van der Waals surface area contributed by atoms with Gasteiger partial charge in [0.1, 0.15) is 0 Å². The first-order valence-electron chi connectivity index (χ1n) is 9.63. The smallest absolute Gasteiger partial charge is 0.251 e. The van der Waals surface area contributed by atoms with Crippen molar-refractivity contribution < 1.29 is 13.2 Å². The fourth-order valence-electron chi connectivity index (χ4n) is 3.91. The van der Waals surface area contributed by atoms with Crippen LogP contribution >= 0.6 is 0 Å². The van der Waals surface area contributed by atoms with Gasteiger partial charge in [-0.3, -0.25) is 9.10 Å². The largest absolute Gasteiger partial charge is 0.352 e. The molecule has 7 heteroatoms. The Hall–Kier alpha value is -1.60. The van der Waals surface area contributed by atoms with E-state index in [0.29, 0.717) is 17.8 Å². The van der Waals surface area contributed by atoms with Crippen LogP contribution in [-0.4, -0.2) is 58.7 Å². The van der Waals surface area contributed by atoms with Gasteiger partial charge in [-0.1, -0.05) is 13.8 Å². The Morgan fingerprint density at radius 3 is 2.44 bits per heavy atom. The van der Waals surface area contributed by atoms with Crippen molar-refractivity contribution in [1.82, 2.24) is 10.2 Å². The number of hydrogen-bond acceptors (Lipinski definition) is 4. The highest BCUT2D eigenvalue weighted by Crippen LogP contribution is 2.22. The van der Waals surface area contributed by atoms with Crippen LogP contribution in [0, 0.1) is 18.8 Å². The van der Waals surface area contributed by atoms with E-state index < -0.39 is 10.0 Å². The Morgan fingerprint density at radius 2 is 1.89 bits per heavy atom. The number of carbonyl (C=O) groups is 1. The molecule has 27 heavy (non-hydrogen) atoms. The van der Waals surface area contributed by atoms with Gasteiger partial charge in [0.25, 0.3) is 5.91 Å². The number of rotatable bonds is 7. The average molecular weight is 396 g/mol. The molecule has 0 unspecified atom stereocenters. The van der Waals surface area contributed by atoms with Gasteiger partial charge in [0.05, 0.1) is 11.9 Å². The van der Waals surface area contributed by atoms with Crippen LogP contribution in [0.2, 0.25) is 0 Å². The van der Waals surface area contributed by atoms with Gasteiger partial charge in [0, 0.05) is 32.2 Å². The van der Waals surface area contributed by atoms with Crippen LogP contribution < -0.4 is 9.62 Å². The molecule has 1 aromatic carbocycles. The molecule has 1 N–H and O–H groups in total. The minimum Gasteiger partial charge on any atom is -0.352 e. The third-order valence-electron chi connectivity index (χ3n) is 5.18. The van der Waals surface area contributed by atoms with Gasteiger partial charge in [-0.2, -0.15) is 0 Å². The fraction of sp³-hybridized carbons (Fsp3) is 0.650. The molecule has 0 radical (unpaired) electrons. The number of nitrogens with one attached hydrogen (secondary N) is 1. The number of amides is 1. The Labute approximate surface area is 164 Å². The molecule has 1 heterocycles. The molecule has 2 atom stereocenters. The van der Waals surface area contributed by atoms with Crippen molar-refractivity contribution in [3.8, 4) is 0 Å². The van der Waals surface area contributed by atoms with Crippen molar-refractivity contribution in [2.24, 2.45) is 11.8 Å². The zero-order valence-corrected chi connectivity index (χ0v) is 18.0. The van der Waals surface area contributed by atoms with Crippen molar-refractivity contribution >= 4 is 21.6 Å². The van der Waals surface area contributed by atoms with E-state index in [0.717, 1.165) is 49.7 Å². The van der Waals surface area contributed by atoms with E-state index in [4.69, 9.17) is 0 Å². The van der Waals surface area contributed by atoms with E-state index in [1.54, 1.807) is 18.2 Å². The van der Waals surface area contributed by atoms with Gasteiger partial charge >= 0.3 is 0 Å². The van der Waals surface area contributed by atoms with E-state index >= 15 is 0 Å². The predicted octanol–water partition coefficient (Wildman–Crippen LogP) is 2.49. The van der Waals surface area contributed by atoms with Gasteiger partial charge < -0.3 is 10.2 Å². The molecule has 2 rings (SSSR count). The minimum absolute atomic E-state index is 0.118. The van der Waals surface area contributed by atoms with Crippen LogP contribution in [0.5, 0.6) is 0 Å². The number of benzene rings is 1. The van der Waals surface area contributed by atoms with Gasteiger partial charge in [0.15, 0.2) is 0 Å². The third kappa shape index (κ3) is 6.21. The Morgan fingerprint density at radius 1 is 1.26 bits per heavy atom. The second kappa shape index (κ2) is 9.06. The summed E-state index contributed by atoms with van der Waals surface area (Å²) in [7, 11) is -1.81. The first-order valence-corrected chi connectivity index (χ1v) is 11.5. The monoisotopic (exact) mass is 395 g/mol. The molecule has 0 bridgehead atoms. The average Bonchev–Trinajstić information content (AvgIpc) is 2.56. The second-order valence-corrected chi connectivity index (χ2v) is 10.1. The topological polar surface area (TPSA) is 69.7 Å². The zero-order valence-electron chi connectivity index (χ0n) is 17.2. The van der Waals surface area contributed by atoms with Crippen LogP contribution in [0.15, 0.2) is 18.2 Å². The summed E-state index contributed by atoms with van der Waals surface area (Å²) < 4.78 is 24.6. The van der Waals surface area contributed by atoms with E-state index in [1.807, 2.05) is 6.92 Å². The fourth-order valence-corrected chi connectivity index (χ4v) is 4.47. The highest BCUT2D eigenvalue weighted by atomic mass is 32.2. The Kier molecular flexibility index (Phi) is 7.28. The SMILES string of the molecule is Cc1cc(C(=O)NCCCN2C[C@H](C)C[C@H](C)C2)ccc1N(C)S(C)(=O)=O. The lowest BCUT2D eigenvalue weighted by molar-refractivity contribution is 0.0947. The second-order valence-electron chi connectivity index (χ2n) is 8.05. The van der Waals surface area contributed by atoms with E-state index in [1.165, 1.54) is 17.8 Å². The van der Waals surface area contributed by atoms with Crippen molar-refractivity contribution in [3.05, 3.63) is 29.3 Å². The van der Waals surface area contributed by atoms with Crippen molar-refractivity contribution in [2.75, 3.05) is 43.8 Å². The van der Waals surface area contributed by atoms with Crippen molar-refractivity contribution in [2.45, 2.75) is 33.6 Å². The van der Waals surface area contributed by atoms with Crippen LogP contribution in [0.25, 0.3) is 0 Å². The maximum atomic E-state index is 12.4. The Bertz CT molecular complexity index is 754. The first-order chi connectivity index (χ1) is 12.6. The van der Waals surface area contributed by atoms with Crippen LogP contribution in [-0.2, 0) is 10.0 Å². The minimum atomic E-state index is -3.32. The van der Waals surface area contributed by atoms with E-state index in [-0.39, 0.29) is 5.91 Å². The lowest BCUT2D eigenvalue weighted by Gasteiger charge is -2.34. The van der Waals surface area contributed by atoms with E-state index in [2.05, 4.69) is 24.1 Å². The first kappa shape index (κ1) is 21.7. The molecular weight excluding hydrogens is 362 g/mol. The predicted molar refractivity (Wildman–Crippen MR) is 111 cm³/mol. The molecular formula is C20H33N3O3S. The summed E-state index contributed by atoms with van der Waals surface area (Å²) in [6.45, 7) is 10.4. The summed E-state index contributed by atoms with van der Waals surface area (Å²) in [5.41, 5.74) is 1.90. The van der Waals surface area contributed by atoms with Crippen LogP contribution in [0.3, 0.4) is 0 Å². The molecule has 0 aliphatic carbocycles. The normalized spacial score (nSPS) is 21.1. The van der Waals surface area contributed by atoms with Gasteiger partial charge in [-0.15, -0.1) is 0 Å². The standard InChI is InChI=1S/C20H33N3O3S/c1-15-11-16(2)14-23(13-15)10-6-9-21-20(24)18-7-8-19(17(3)12-18)22(4)27(5,25)26/h7-8,12,15-16H,6,9-11,13-14H2,1-5H3,(H,21,24)/t15-,16+. The molecule has 1 aliphatic rings. The number of hydrogen-bond donors (Lipinski definition) is 1. The summed E-state index contributed by atoms with van der Waals surface area (Å²) in [5, 5.41) is 2.97. The highest BCUT2D eigenvalue weighted by molar-refractivity contribution is 7.92. The summed E-state index contributed by atoms with van der Waals surface area (Å²) in [6.07, 6.45) is 3.40. The molecule has 0 spiro atoms. The Balaban J connectivity index is 1.85.